The highest BCUT2D eigenvalue weighted by atomic mass is 35.5. The summed E-state index contributed by atoms with van der Waals surface area (Å²) in [6, 6.07) is 17.7. The number of hydrogen-bond acceptors (Lipinski definition) is 5. The molecule has 1 aliphatic heterocycles. The first-order valence-corrected chi connectivity index (χ1v) is 14.9. The maximum atomic E-state index is 15.5. The van der Waals surface area contributed by atoms with Gasteiger partial charge in [-0.2, -0.15) is 0 Å². The van der Waals surface area contributed by atoms with E-state index < -0.39 is 5.82 Å². The van der Waals surface area contributed by atoms with Crippen LogP contribution in [0.25, 0.3) is 33.4 Å². The highest BCUT2D eigenvalue weighted by Crippen LogP contribution is 2.31. The molecule has 0 bridgehead atoms. The van der Waals surface area contributed by atoms with E-state index in [0.717, 1.165) is 49.5 Å². The number of likely N-dealkylation sites (tertiary alicyclic amines) is 1. The Labute approximate surface area is 244 Å². The summed E-state index contributed by atoms with van der Waals surface area (Å²) in [5.74, 6) is 1.18. The van der Waals surface area contributed by atoms with Gasteiger partial charge in [0.15, 0.2) is 0 Å². The molecule has 4 aromatic rings. The summed E-state index contributed by atoms with van der Waals surface area (Å²) in [5, 5.41) is 10.2. The third-order valence-corrected chi connectivity index (χ3v) is 8.67. The lowest BCUT2D eigenvalue weighted by Crippen LogP contribution is -2.42. The van der Waals surface area contributed by atoms with Crippen molar-refractivity contribution in [2.75, 3.05) is 32.8 Å². The highest BCUT2D eigenvalue weighted by molar-refractivity contribution is 6.30. The van der Waals surface area contributed by atoms with Crippen molar-refractivity contribution in [3.05, 3.63) is 81.9 Å². The summed E-state index contributed by atoms with van der Waals surface area (Å²) < 4.78 is 22.6. The van der Waals surface area contributed by atoms with E-state index in [1.165, 1.54) is 25.3 Å². The van der Waals surface area contributed by atoms with Crippen molar-refractivity contribution in [1.82, 2.24) is 14.5 Å². The molecule has 1 aromatic heterocycles. The van der Waals surface area contributed by atoms with Crippen molar-refractivity contribution >= 4 is 22.5 Å². The largest absolute Gasteiger partial charge is 0.491 e. The molecule has 1 saturated heterocycles. The Morgan fingerprint density at radius 2 is 1.80 bits per heavy atom. The predicted molar refractivity (Wildman–Crippen MR) is 161 cm³/mol. The van der Waals surface area contributed by atoms with Crippen LogP contribution in [-0.4, -0.2) is 52.4 Å². The summed E-state index contributed by atoms with van der Waals surface area (Å²) in [5.41, 5.74) is 2.38. The van der Waals surface area contributed by atoms with Gasteiger partial charge in [0.05, 0.1) is 23.1 Å². The Balaban J connectivity index is 1.41. The summed E-state index contributed by atoms with van der Waals surface area (Å²) in [6.45, 7) is 3.54. The molecule has 6 rings (SSSR count). The molecule has 1 aliphatic carbocycles. The smallest absolute Gasteiger partial charge is 0.261 e. The number of nitrogens with zero attached hydrogens (tertiary/aromatic N) is 3. The van der Waals surface area contributed by atoms with Crippen LogP contribution in [0, 0.1) is 17.7 Å². The van der Waals surface area contributed by atoms with E-state index in [9.17, 15) is 4.79 Å². The number of halogens is 2. The standard InChI is InChI=1S/C33H35ClFN3O3/c34-26-8-2-7-24(16-26)25-9-12-31-29(17-25)33(40)38(21-23-6-3-13-37(20-23)19-22-4-1-5-22)32(36-31)28-11-10-27(18-30(28)35)41-15-14-39/h2,7-12,16-18,22-23,39H,1,3-6,13-15,19-21H2. The summed E-state index contributed by atoms with van der Waals surface area (Å²) in [7, 11) is 0. The average molecular weight is 576 g/mol. The molecule has 0 amide bonds. The lowest BCUT2D eigenvalue weighted by molar-refractivity contribution is 0.117. The average Bonchev–Trinajstić information content (AvgIpc) is 2.95. The number of ether oxygens (including phenoxy) is 1. The van der Waals surface area contributed by atoms with E-state index in [2.05, 4.69) is 4.90 Å². The minimum Gasteiger partial charge on any atom is -0.491 e. The Hall–Kier alpha value is -3.26. The molecule has 3 aromatic carbocycles. The first-order chi connectivity index (χ1) is 20.0. The van der Waals surface area contributed by atoms with E-state index in [-0.39, 0.29) is 30.3 Å². The van der Waals surface area contributed by atoms with E-state index in [1.807, 2.05) is 42.5 Å². The second-order valence-electron chi connectivity index (χ2n) is 11.4. The van der Waals surface area contributed by atoms with Gasteiger partial charge < -0.3 is 14.7 Å². The van der Waals surface area contributed by atoms with Gasteiger partial charge in [-0.05, 0) is 91.6 Å². The normalized spacial score (nSPS) is 18.0. The number of benzene rings is 3. The maximum absolute atomic E-state index is 15.5. The lowest BCUT2D eigenvalue weighted by atomic mass is 9.84. The zero-order chi connectivity index (χ0) is 28.3. The van der Waals surface area contributed by atoms with E-state index in [4.69, 9.17) is 26.4 Å². The zero-order valence-corrected chi connectivity index (χ0v) is 23.8. The van der Waals surface area contributed by atoms with Crippen LogP contribution in [0.1, 0.15) is 32.1 Å². The van der Waals surface area contributed by atoms with Crippen LogP contribution < -0.4 is 10.3 Å². The fourth-order valence-corrected chi connectivity index (χ4v) is 6.33. The van der Waals surface area contributed by atoms with Crippen LogP contribution in [0.3, 0.4) is 0 Å². The molecule has 41 heavy (non-hydrogen) atoms. The van der Waals surface area contributed by atoms with E-state index in [0.29, 0.717) is 34.0 Å². The van der Waals surface area contributed by atoms with Crippen LogP contribution in [0.4, 0.5) is 4.39 Å². The lowest BCUT2D eigenvalue weighted by Gasteiger charge is -2.37. The molecule has 8 heteroatoms. The van der Waals surface area contributed by atoms with Gasteiger partial charge in [-0.1, -0.05) is 36.2 Å². The van der Waals surface area contributed by atoms with Crippen molar-refractivity contribution < 1.29 is 14.2 Å². The fraction of sp³-hybridized carbons (Fsp3) is 0.394. The van der Waals surface area contributed by atoms with E-state index >= 15 is 4.39 Å². The van der Waals surface area contributed by atoms with Crippen LogP contribution in [0.15, 0.2) is 65.5 Å². The predicted octanol–water partition coefficient (Wildman–Crippen LogP) is 6.41. The number of aromatic nitrogens is 2. The number of aliphatic hydroxyl groups excluding tert-OH is 1. The second kappa shape index (κ2) is 12.3. The van der Waals surface area contributed by atoms with E-state index in [1.54, 1.807) is 16.7 Å². The molecule has 214 valence electrons. The van der Waals surface area contributed by atoms with Crippen molar-refractivity contribution in [2.24, 2.45) is 11.8 Å². The summed E-state index contributed by atoms with van der Waals surface area (Å²) >= 11 is 6.24. The Morgan fingerprint density at radius 3 is 2.56 bits per heavy atom. The molecule has 1 atom stereocenters. The van der Waals surface area contributed by atoms with Crippen LogP contribution in [-0.2, 0) is 6.54 Å². The van der Waals surface area contributed by atoms with Gasteiger partial charge in [0.2, 0.25) is 0 Å². The Morgan fingerprint density at radius 1 is 0.976 bits per heavy atom. The summed E-state index contributed by atoms with van der Waals surface area (Å²) in [4.78, 5) is 21.6. The second-order valence-corrected chi connectivity index (χ2v) is 11.8. The van der Waals surface area contributed by atoms with Gasteiger partial charge in [0.1, 0.15) is 24.0 Å². The molecule has 1 unspecified atom stereocenters. The Kier molecular flexibility index (Phi) is 8.37. The number of fused-ring (bicyclic) bond motifs is 1. The molecule has 1 saturated carbocycles. The molecule has 1 N–H and O–H groups in total. The van der Waals surface area contributed by atoms with Crippen molar-refractivity contribution in [3.63, 3.8) is 0 Å². The minimum atomic E-state index is -0.522. The van der Waals surface area contributed by atoms with Gasteiger partial charge in [-0.15, -0.1) is 0 Å². The molecular formula is C33H35ClFN3O3. The van der Waals surface area contributed by atoms with Crippen molar-refractivity contribution in [1.29, 1.82) is 0 Å². The SMILES string of the molecule is O=c1c2cc(-c3cccc(Cl)c3)ccc2nc(-c2ccc(OCCO)cc2F)n1CC1CCCN(CC2CCC2)C1. The first kappa shape index (κ1) is 27.9. The molecule has 2 aliphatic rings. The maximum Gasteiger partial charge on any atom is 0.261 e. The number of rotatable bonds is 9. The number of piperidine rings is 1. The Bertz CT molecular complexity index is 1600. The molecule has 0 spiro atoms. The highest BCUT2D eigenvalue weighted by Gasteiger charge is 2.27. The zero-order valence-electron chi connectivity index (χ0n) is 23.1. The number of aliphatic hydroxyl groups is 1. The molecule has 0 radical (unpaired) electrons. The molecule has 2 fully saturated rings. The number of hydrogen-bond donors (Lipinski definition) is 1. The first-order valence-electron chi connectivity index (χ1n) is 14.5. The monoisotopic (exact) mass is 575 g/mol. The third-order valence-electron chi connectivity index (χ3n) is 8.44. The third kappa shape index (κ3) is 6.17. The fourth-order valence-electron chi connectivity index (χ4n) is 6.14. The van der Waals surface area contributed by atoms with Crippen LogP contribution in [0.2, 0.25) is 5.02 Å². The van der Waals surface area contributed by atoms with Gasteiger partial charge in [-0.25, -0.2) is 9.37 Å². The summed E-state index contributed by atoms with van der Waals surface area (Å²) in [6.07, 6.45) is 6.06. The van der Waals surface area contributed by atoms with Crippen LogP contribution in [0.5, 0.6) is 5.75 Å². The van der Waals surface area contributed by atoms with Gasteiger partial charge >= 0.3 is 0 Å². The minimum absolute atomic E-state index is 0.0751. The van der Waals surface area contributed by atoms with Crippen molar-refractivity contribution in [2.45, 2.75) is 38.6 Å². The van der Waals surface area contributed by atoms with Crippen molar-refractivity contribution in [3.8, 4) is 28.3 Å². The van der Waals surface area contributed by atoms with Gasteiger partial charge in [0.25, 0.3) is 5.56 Å². The van der Waals surface area contributed by atoms with Crippen LogP contribution >= 0.6 is 11.6 Å². The quantitative estimate of drug-likeness (QED) is 0.250. The molecular weight excluding hydrogens is 541 g/mol. The van der Waals surface area contributed by atoms with Gasteiger partial charge in [-0.3, -0.25) is 9.36 Å². The molecule has 6 nitrogen and oxygen atoms in total. The van der Waals surface area contributed by atoms with Gasteiger partial charge in [0, 0.05) is 30.7 Å². The topological polar surface area (TPSA) is 67.6 Å². The molecule has 2 heterocycles.